The van der Waals surface area contributed by atoms with Crippen molar-refractivity contribution < 1.29 is 9.90 Å². The molecule has 19 heavy (non-hydrogen) atoms. The lowest BCUT2D eigenvalue weighted by molar-refractivity contribution is 0.0693. The van der Waals surface area contributed by atoms with Gasteiger partial charge in [0, 0.05) is 30.7 Å². The summed E-state index contributed by atoms with van der Waals surface area (Å²) in [6.07, 6.45) is 3.15. The van der Waals surface area contributed by atoms with Crippen LogP contribution in [0.4, 0.5) is 0 Å². The Kier molecular flexibility index (Phi) is 3.16. The molecule has 6 heteroatoms. The van der Waals surface area contributed by atoms with Crippen molar-refractivity contribution in [3.8, 4) is 11.4 Å². The van der Waals surface area contributed by atoms with Crippen molar-refractivity contribution in [3.05, 3.63) is 45.6 Å². The highest BCUT2D eigenvalue weighted by molar-refractivity contribution is 5.91. The van der Waals surface area contributed by atoms with E-state index in [1.807, 2.05) is 0 Å². The molecule has 2 aromatic heterocycles. The van der Waals surface area contributed by atoms with E-state index >= 15 is 0 Å². The summed E-state index contributed by atoms with van der Waals surface area (Å²) in [5.41, 5.74) is 0.843. The summed E-state index contributed by atoms with van der Waals surface area (Å²) in [6.45, 7) is 3.34. The highest BCUT2D eigenvalue weighted by Gasteiger charge is 2.21. The van der Waals surface area contributed by atoms with E-state index < -0.39 is 11.5 Å². The number of carboxylic acid groups (broad SMARTS) is 1. The summed E-state index contributed by atoms with van der Waals surface area (Å²) in [6, 6.07) is 1.67. The quantitative estimate of drug-likeness (QED) is 0.874. The fourth-order valence-corrected chi connectivity index (χ4v) is 2.05. The Hall–Kier alpha value is -2.50. The van der Waals surface area contributed by atoms with Crippen LogP contribution in [0.25, 0.3) is 11.4 Å². The van der Waals surface area contributed by atoms with Gasteiger partial charge in [-0.2, -0.15) is 0 Å². The molecule has 0 aromatic carbocycles. The zero-order valence-corrected chi connectivity index (χ0v) is 10.8. The lowest BCUT2D eigenvalue weighted by Crippen LogP contribution is -2.28. The van der Waals surface area contributed by atoms with Crippen LogP contribution in [0.2, 0.25) is 0 Å². The van der Waals surface area contributed by atoms with Crippen LogP contribution in [-0.2, 0) is 7.05 Å². The Morgan fingerprint density at radius 3 is 2.37 bits per heavy atom. The third kappa shape index (κ3) is 2.01. The maximum absolute atomic E-state index is 12.0. The van der Waals surface area contributed by atoms with Crippen LogP contribution < -0.4 is 5.56 Å². The van der Waals surface area contributed by atoms with Gasteiger partial charge in [0.25, 0.3) is 5.56 Å². The summed E-state index contributed by atoms with van der Waals surface area (Å²) in [4.78, 5) is 31.5. The minimum Gasteiger partial charge on any atom is -0.477 e. The van der Waals surface area contributed by atoms with Crippen LogP contribution in [0.3, 0.4) is 0 Å². The van der Waals surface area contributed by atoms with Crippen molar-refractivity contribution in [3.63, 3.8) is 0 Å². The summed E-state index contributed by atoms with van der Waals surface area (Å²) < 4.78 is 1.31. The molecule has 0 aliphatic heterocycles. The normalized spacial score (nSPS) is 10.5. The van der Waals surface area contributed by atoms with Gasteiger partial charge in [-0.05, 0) is 25.5 Å². The Labute approximate surface area is 109 Å². The van der Waals surface area contributed by atoms with Crippen molar-refractivity contribution in [1.29, 1.82) is 0 Å². The molecule has 0 unspecified atom stereocenters. The van der Waals surface area contributed by atoms with E-state index in [9.17, 15) is 14.7 Å². The van der Waals surface area contributed by atoms with Crippen molar-refractivity contribution >= 4 is 5.97 Å². The minimum atomic E-state index is -1.24. The van der Waals surface area contributed by atoms with Crippen LogP contribution in [0.5, 0.6) is 0 Å². The molecule has 0 bridgehead atoms. The van der Waals surface area contributed by atoms with Gasteiger partial charge in [0.05, 0.1) is 0 Å². The van der Waals surface area contributed by atoms with E-state index in [-0.39, 0.29) is 5.56 Å². The molecule has 98 valence electrons. The molecule has 2 aromatic rings. The predicted molar refractivity (Wildman–Crippen MR) is 69.1 cm³/mol. The van der Waals surface area contributed by atoms with Gasteiger partial charge in [0.15, 0.2) is 5.82 Å². The Morgan fingerprint density at radius 1 is 1.26 bits per heavy atom. The monoisotopic (exact) mass is 259 g/mol. The maximum atomic E-state index is 12.0. The summed E-state index contributed by atoms with van der Waals surface area (Å²) in [5.74, 6) is -0.828. The van der Waals surface area contributed by atoms with E-state index in [0.29, 0.717) is 22.6 Å². The van der Waals surface area contributed by atoms with Crippen molar-refractivity contribution in [2.45, 2.75) is 13.8 Å². The first-order chi connectivity index (χ1) is 8.95. The van der Waals surface area contributed by atoms with Crippen molar-refractivity contribution in [1.82, 2.24) is 14.5 Å². The molecule has 0 aliphatic rings. The number of carboxylic acids is 1. The number of aromatic carboxylic acids is 1. The Balaban J connectivity index is 2.90. The van der Waals surface area contributed by atoms with Gasteiger partial charge >= 0.3 is 5.97 Å². The van der Waals surface area contributed by atoms with Crippen LogP contribution in [0.1, 0.15) is 21.6 Å². The molecular formula is C13H13N3O3. The van der Waals surface area contributed by atoms with E-state index in [1.54, 1.807) is 32.3 Å². The molecule has 0 spiro atoms. The molecular weight excluding hydrogens is 246 g/mol. The first-order valence-electron chi connectivity index (χ1n) is 5.66. The average Bonchev–Trinajstić information content (AvgIpc) is 2.37. The maximum Gasteiger partial charge on any atom is 0.341 e. The molecule has 0 fully saturated rings. The van der Waals surface area contributed by atoms with Gasteiger partial charge in [-0.3, -0.25) is 4.79 Å². The average molecular weight is 259 g/mol. The first-order valence-corrected chi connectivity index (χ1v) is 5.66. The van der Waals surface area contributed by atoms with E-state index in [1.165, 1.54) is 11.6 Å². The molecule has 2 rings (SSSR count). The smallest absolute Gasteiger partial charge is 0.341 e. The van der Waals surface area contributed by atoms with E-state index in [4.69, 9.17) is 0 Å². The van der Waals surface area contributed by atoms with Crippen molar-refractivity contribution in [2.24, 2.45) is 7.05 Å². The standard InChI is InChI=1S/C13H13N3O3/c1-7-9(11-14-5-4-6-15-11)8(2)16(3)12(17)10(7)13(18)19/h4-6H,1-3H3,(H,18,19). The third-order valence-electron chi connectivity index (χ3n) is 3.14. The number of carbonyl (C=O) groups is 1. The predicted octanol–water partition coefficient (Wildman–Crippen LogP) is 1.16. The second kappa shape index (κ2) is 4.64. The Morgan fingerprint density at radius 2 is 1.84 bits per heavy atom. The van der Waals surface area contributed by atoms with Gasteiger partial charge in [-0.15, -0.1) is 0 Å². The molecule has 0 radical (unpaired) electrons. The highest BCUT2D eigenvalue weighted by atomic mass is 16.4. The van der Waals surface area contributed by atoms with Crippen LogP contribution in [0.15, 0.2) is 23.3 Å². The molecule has 2 heterocycles. The molecule has 0 amide bonds. The SMILES string of the molecule is Cc1c(-c2ncccn2)c(C)n(C)c(=O)c1C(=O)O. The second-order valence-electron chi connectivity index (χ2n) is 4.20. The van der Waals surface area contributed by atoms with Gasteiger partial charge < -0.3 is 9.67 Å². The highest BCUT2D eigenvalue weighted by Crippen LogP contribution is 2.24. The van der Waals surface area contributed by atoms with Crippen LogP contribution in [-0.4, -0.2) is 25.6 Å². The number of pyridine rings is 1. The summed E-state index contributed by atoms with van der Waals surface area (Å²) in [5, 5.41) is 9.18. The number of hydrogen-bond acceptors (Lipinski definition) is 4. The molecule has 6 nitrogen and oxygen atoms in total. The summed E-state index contributed by atoms with van der Waals surface area (Å²) >= 11 is 0. The lowest BCUT2D eigenvalue weighted by Gasteiger charge is -2.14. The van der Waals surface area contributed by atoms with Gasteiger partial charge in [-0.1, -0.05) is 0 Å². The molecule has 0 aliphatic carbocycles. The largest absolute Gasteiger partial charge is 0.477 e. The van der Waals surface area contributed by atoms with Gasteiger partial charge in [0.1, 0.15) is 5.56 Å². The first kappa shape index (κ1) is 12.9. The lowest BCUT2D eigenvalue weighted by atomic mass is 10.0. The molecule has 1 N–H and O–H groups in total. The molecule has 0 saturated heterocycles. The van der Waals surface area contributed by atoms with Gasteiger partial charge in [0.2, 0.25) is 0 Å². The zero-order chi connectivity index (χ0) is 14.2. The van der Waals surface area contributed by atoms with Crippen LogP contribution >= 0.6 is 0 Å². The van der Waals surface area contributed by atoms with Gasteiger partial charge in [-0.25, -0.2) is 14.8 Å². The van der Waals surface area contributed by atoms with E-state index in [2.05, 4.69) is 9.97 Å². The van der Waals surface area contributed by atoms with E-state index in [0.717, 1.165) is 0 Å². The minimum absolute atomic E-state index is 0.240. The Bertz CT molecular complexity index is 705. The fourth-order valence-electron chi connectivity index (χ4n) is 2.05. The summed E-state index contributed by atoms with van der Waals surface area (Å²) in [7, 11) is 1.54. The number of aromatic nitrogens is 3. The molecule has 0 atom stereocenters. The number of nitrogens with zero attached hydrogens (tertiary/aromatic N) is 3. The van der Waals surface area contributed by atoms with Crippen molar-refractivity contribution in [2.75, 3.05) is 0 Å². The fraction of sp³-hybridized carbons (Fsp3) is 0.231. The van der Waals surface area contributed by atoms with Crippen LogP contribution in [0, 0.1) is 13.8 Å². The third-order valence-corrected chi connectivity index (χ3v) is 3.14. The topological polar surface area (TPSA) is 85.1 Å². The molecule has 0 saturated carbocycles. The number of rotatable bonds is 2. The number of hydrogen-bond donors (Lipinski definition) is 1. The second-order valence-corrected chi connectivity index (χ2v) is 4.20. The zero-order valence-electron chi connectivity index (χ0n) is 10.8.